The van der Waals surface area contributed by atoms with Crippen molar-refractivity contribution in [1.29, 1.82) is 0 Å². The van der Waals surface area contributed by atoms with Gasteiger partial charge in [0, 0.05) is 23.1 Å². The van der Waals surface area contributed by atoms with Crippen LogP contribution in [0.4, 0.5) is 5.69 Å². The Kier molecular flexibility index (Phi) is 3.14. The molecule has 1 saturated heterocycles. The highest BCUT2D eigenvalue weighted by molar-refractivity contribution is 6.04. The highest BCUT2D eigenvalue weighted by atomic mass is 16.2. The van der Waals surface area contributed by atoms with Crippen LogP contribution in [0.5, 0.6) is 0 Å². The number of para-hydroxylation sites is 1. The quantitative estimate of drug-likeness (QED) is 0.899. The minimum absolute atomic E-state index is 0.161. The molecule has 3 aliphatic rings. The van der Waals surface area contributed by atoms with Gasteiger partial charge in [0.1, 0.15) is 0 Å². The maximum atomic E-state index is 12.4. The van der Waals surface area contributed by atoms with Crippen LogP contribution in [0.1, 0.15) is 57.4 Å². The van der Waals surface area contributed by atoms with Crippen LogP contribution in [-0.2, 0) is 10.2 Å². The molecule has 22 heavy (non-hydrogen) atoms. The molecular weight excluding hydrogens is 272 g/mol. The average Bonchev–Trinajstić information content (AvgIpc) is 3.28. The second-order valence-corrected chi connectivity index (χ2v) is 7.15. The largest absolute Gasteiger partial charge is 0.356 e. The Balaban J connectivity index is 1.54. The molecule has 0 radical (unpaired) electrons. The van der Waals surface area contributed by atoms with Crippen molar-refractivity contribution in [1.82, 2.24) is 5.32 Å². The summed E-state index contributed by atoms with van der Waals surface area (Å²) in [4.78, 5) is 17.3. The number of nitrogens with zero attached hydrogens (tertiary/aromatic N) is 1. The molecular formula is C19H24N2O. The number of aliphatic imine (C=N–C) groups is 1. The lowest BCUT2D eigenvalue weighted by atomic mass is 9.72. The minimum Gasteiger partial charge on any atom is -0.356 e. The number of hydrogen-bond donors (Lipinski definition) is 1. The number of hydrogen-bond acceptors (Lipinski definition) is 2. The van der Waals surface area contributed by atoms with E-state index < -0.39 is 0 Å². The summed E-state index contributed by atoms with van der Waals surface area (Å²) in [5, 5.41) is 3.07. The third kappa shape index (κ3) is 1.94. The molecule has 4 rings (SSSR count). The summed E-state index contributed by atoms with van der Waals surface area (Å²) in [7, 11) is 0. The second kappa shape index (κ2) is 4.94. The predicted octanol–water partition coefficient (Wildman–Crippen LogP) is 3.89. The van der Waals surface area contributed by atoms with Crippen molar-refractivity contribution < 1.29 is 4.79 Å². The van der Waals surface area contributed by atoms with Gasteiger partial charge in [-0.3, -0.25) is 9.79 Å². The lowest BCUT2D eigenvalue weighted by molar-refractivity contribution is -0.134. The Bertz CT molecular complexity index is 645. The van der Waals surface area contributed by atoms with Crippen molar-refractivity contribution in [2.45, 2.75) is 57.3 Å². The van der Waals surface area contributed by atoms with Gasteiger partial charge in [0.15, 0.2) is 0 Å². The number of amides is 1. The molecule has 3 nitrogen and oxygen atoms in total. The van der Waals surface area contributed by atoms with Crippen LogP contribution in [0, 0.1) is 5.41 Å². The zero-order valence-corrected chi connectivity index (χ0v) is 13.3. The van der Waals surface area contributed by atoms with Crippen LogP contribution in [-0.4, -0.2) is 18.2 Å². The van der Waals surface area contributed by atoms with E-state index in [4.69, 9.17) is 4.99 Å². The predicted molar refractivity (Wildman–Crippen MR) is 88.7 cm³/mol. The third-order valence-electron chi connectivity index (χ3n) is 6.09. The van der Waals surface area contributed by atoms with Gasteiger partial charge < -0.3 is 5.32 Å². The van der Waals surface area contributed by atoms with Gasteiger partial charge >= 0.3 is 0 Å². The van der Waals surface area contributed by atoms with Crippen molar-refractivity contribution in [3.05, 3.63) is 29.8 Å². The van der Waals surface area contributed by atoms with E-state index in [9.17, 15) is 4.79 Å². The monoisotopic (exact) mass is 296 g/mol. The van der Waals surface area contributed by atoms with E-state index >= 15 is 0 Å². The van der Waals surface area contributed by atoms with Crippen molar-refractivity contribution in [2.75, 3.05) is 6.54 Å². The summed E-state index contributed by atoms with van der Waals surface area (Å²) in [6.07, 6.45) is 7.45. The first-order valence-electron chi connectivity index (χ1n) is 8.66. The molecule has 0 bridgehead atoms. The first-order valence-corrected chi connectivity index (χ1v) is 8.66. The van der Waals surface area contributed by atoms with E-state index in [1.807, 2.05) is 0 Å². The summed E-state index contributed by atoms with van der Waals surface area (Å²) >= 11 is 0. The molecule has 2 fully saturated rings. The molecule has 116 valence electrons. The van der Waals surface area contributed by atoms with Crippen molar-refractivity contribution in [3.8, 4) is 0 Å². The number of benzene rings is 1. The number of carbonyl (C=O) groups is 1. The maximum absolute atomic E-state index is 12.4. The van der Waals surface area contributed by atoms with Gasteiger partial charge in [-0.05, 0) is 56.6 Å². The van der Waals surface area contributed by atoms with Gasteiger partial charge in [-0.25, -0.2) is 0 Å². The van der Waals surface area contributed by atoms with Gasteiger partial charge in [-0.1, -0.05) is 25.1 Å². The van der Waals surface area contributed by atoms with E-state index in [2.05, 4.69) is 36.5 Å². The fourth-order valence-electron chi connectivity index (χ4n) is 4.40. The molecule has 0 aromatic heterocycles. The van der Waals surface area contributed by atoms with E-state index in [0.717, 1.165) is 44.3 Å². The Morgan fingerprint density at radius 3 is 2.77 bits per heavy atom. The molecule has 1 aromatic carbocycles. The molecule has 1 saturated carbocycles. The maximum Gasteiger partial charge on any atom is 0.226 e. The number of nitrogens with one attached hydrogen (secondary N) is 1. The normalized spacial score (nSPS) is 28.2. The van der Waals surface area contributed by atoms with E-state index in [1.54, 1.807) is 0 Å². The summed E-state index contributed by atoms with van der Waals surface area (Å²) in [6, 6.07) is 8.57. The molecule has 1 N–H and O–H groups in total. The molecule has 1 aliphatic carbocycles. The van der Waals surface area contributed by atoms with Crippen molar-refractivity contribution in [3.63, 3.8) is 0 Å². The Labute approximate surface area is 132 Å². The molecule has 1 atom stereocenters. The number of piperidine rings is 1. The number of fused-ring (bicyclic) bond motifs is 2. The number of carbonyl (C=O) groups excluding carboxylic acids is 1. The van der Waals surface area contributed by atoms with Gasteiger partial charge in [0.05, 0.1) is 5.69 Å². The zero-order valence-electron chi connectivity index (χ0n) is 13.3. The van der Waals surface area contributed by atoms with Gasteiger partial charge in [0.25, 0.3) is 0 Å². The first kappa shape index (κ1) is 14.0. The first-order chi connectivity index (χ1) is 10.7. The summed E-state index contributed by atoms with van der Waals surface area (Å²) < 4.78 is 0. The van der Waals surface area contributed by atoms with E-state index in [0.29, 0.717) is 0 Å². The molecule has 1 spiro atoms. The Morgan fingerprint density at radius 1 is 1.23 bits per heavy atom. The lowest BCUT2D eigenvalue weighted by Gasteiger charge is -2.35. The summed E-state index contributed by atoms with van der Waals surface area (Å²) in [6.45, 7) is 3.00. The third-order valence-corrected chi connectivity index (χ3v) is 6.09. The Hall–Kier alpha value is -1.64. The summed E-state index contributed by atoms with van der Waals surface area (Å²) in [5.74, 6) is 0.266. The SMILES string of the molecule is CCC1(CCC2=Nc3ccccc3C23CC3)CCCNC1=O. The fourth-order valence-corrected chi connectivity index (χ4v) is 4.40. The van der Waals surface area contributed by atoms with Crippen LogP contribution >= 0.6 is 0 Å². The minimum atomic E-state index is -0.161. The van der Waals surface area contributed by atoms with Crippen LogP contribution < -0.4 is 5.32 Å². The molecule has 2 heterocycles. The smallest absolute Gasteiger partial charge is 0.226 e. The molecule has 1 unspecified atom stereocenters. The highest BCUT2D eigenvalue weighted by Gasteiger charge is 2.53. The van der Waals surface area contributed by atoms with Crippen molar-refractivity contribution in [2.24, 2.45) is 10.4 Å². The van der Waals surface area contributed by atoms with Crippen LogP contribution in [0.15, 0.2) is 29.3 Å². The molecule has 1 aromatic rings. The van der Waals surface area contributed by atoms with Gasteiger partial charge in [-0.15, -0.1) is 0 Å². The topological polar surface area (TPSA) is 41.5 Å². The van der Waals surface area contributed by atoms with Crippen LogP contribution in [0.2, 0.25) is 0 Å². The molecule has 2 aliphatic heterocycles. The number of rotatable bonds is 4. The van der Waals surface area contributed by atoms with Gasteiger partial charge in [-0.2, -0.15) is 0 Å². The van der Waals surface area contributed by atoms with Gasteiger partial charge in [0.2, 0.25) is 5.91 Å². The van der Waals surface area contributed by atoms with E-state index in [1.165, 1.54) is 24.1 Å². The zero-order chi connectivity index (χ0) is 15.2. The van der Waals surface area contributed by atoms with Crippen LogP contribution in [0.3, 0.4) is 0 Å². The lowest BCUT2D eigenvalue weighted by Crippen LogP contribution is -2.46. The summed E-state index contributed by atoms with van der Waals surface area (Å²) in [5.41, 5.74) is 3.99. The second-order valence-electron chi connectivity index (χ2n) is 7.15. The standard InChI is InChI=1S/C19H24N2O/c1-2-18(9-5-13-20-17(18)22)10-8-16-19(11-12-19)14-6-3-4-7-15(14)21-16/h3-4,6-7H,2,5,8-13H2,1H3,(H,20,22). The van der Waals surface area contributed by atoms with E-state index in [-0.39, 0.29) is 16.7 Å². The Morgan fingerprint density at radius 2 is 2.05 bits per heavy atom. The molecule has 3 heteroatoms. The van der Waals surface area contributed by atoms with Crippen LogP contribution in [0.25, 0.3) is 0 Å². The fraction of sp³-hybridized carbons (Fsp3) is 0.579. The van der Waals surface area contributed by atoms with Crippen molar-refractivity contribution >= 4 is 17.3 Å². The molecule has 1 amide bonds. The average molecular weight is 296 g/mol. The highest BCUT2D eigenvalue weighted by Crippen LogP contribution is 2.57.